The monoisotopic (exact) mass is 284 g/mol. The van der Waals surface area contributed by atoms with Crippen LogP contribution in [-0.4, -0.2) is 12.6 Å². The molecule has 0 amide bonds. The molecular weight excluding hydrogens is 264 g/mol. The highest BCUT2D eigenvalue weighted by molar-refractivity contribution is 9.10. The van der Waals surface area contributed by atoms with Crippen LogP contribution in [0.15, 0.2) is 22.7 Å². The minimum absolute atomic E-state index is 0.144. The first-order valence-electron chi connectivity index (χ1n) is 5.64. The number of rotatable bonds is 4. The van der Waals surface area contributed by atoms with E-state index < -0.39 is 0 Å². The Morgan fingerprint density at radius 1 is 1.38 bits per heavy atom. The molecule has 0 spiro atoms. The number of anilines is 1. The van der Waals surface area contributed by atoms with E-state index in [0.29, 0.717) is 6.54 Å². The van der Waals surface area contributed by atoms with Crippen molar-refractivity contribution in [3.8, 4) is 0 Å². The number of hydrogen-bond donors (Lipinski definition) is 1. The summed E-state index contributed by atoms with van der Waals surface area (Å²) in [6.07, 6.45) is 1.10. The molecule has 0 saturated carbocycles. The van der Waals surface area contributed by atoms with Crippen LogP contribution in [0, 0.1) is 0 Å². The highest BCUT2D eigenvalue weighted by Crippen LogP contribution is 2.30. The Labute approximate surface area is 107 Å². The van der Waals surface area contributed by atoms with Gasteiger partial charge in [0.05, 0.1) is 0 Å². The predicted molar refractivity (Wildman–Crippen MR) is 74.8 cm³/mol. The van der Waals surface area contributed by atoms with E-state index in [2.05, 4.69) is 60.8 Å². The zero-order valence-corrected chi connectivity index (χ0v) is 12.1. The molecule has 2 N–H and O–H groups in total. The Morgan fingerprint density at radius 3 is 2.50 bits per heavy atom. The van der Waals surface area contributed by atoms with Gasteiger partial charge in [0.15, 0.2) is 0 Å². The third-order valence-electron chi connectivity index (χ3n) is 3.40. The highest BCUT2D eigenvalue weighted by atomic mass is 79.9. The minimum atomic E-state index is 0.144. The van der Waals surface area contributed by atoms with Gasteiger partial charge in [0.2, 0.25) is 0 Å². The van der Waals surface area contributed by atoms with Crippen molar-refractivity contribution in [2.75, 3.05) is 11.9 Å². The molecule has 0 aliphatic carbocycles. The van der Waals surface area contributed by atoms with Crippen LogP contribution in [-0.2, 0) is 6.54 Å². The van der Waals surface area contributed by atoms with Crippen molar-refractivity contribution < 1.29 is 0 Å². The molecule has 2 nitrogen and oxygen atoms in total. The average Bonchev–Trinajstić information content (AvgIpc) is 2.28. The Kier molecular flexibility index (Phi) is 4.39. The van der Waals surface area contributed by atoms with Crippen molar-refractivity contribution in [3.63, 3.8) is 0 Å². The van der Waals surface area contributed by atoms with Crippen LogP contribution in [0.25, 0.3) is 0 Å². The topological polar surface area (TPSA) is 29.3 Å². The van der Waals surface area contributed by atoms with Gasteiger partial charge >= 0.3 is 0 Å². The van der Waals surface area contributed by atoms with Gasteiger partial charge in [-0.25, -0.2) is 0 Å². The van der Waals surface area contributed by atoms with Crippen LogP contribution in [0.4, 0.5) is 5.69 Å². The maximum Gasteiger partial charge on any atom is 0.0424 e. The summed E-state index contributed by atoms with van der Waals surface area (Å²) in [4.78, 5) is 2.31. The molecule has 3 heteroatoms. The molecule has 0 atom stereocenters. The quantitative estimate of drug-likeness (QED) is 0.917. The molecule has 1 aromatic carbocycles. The fourth-order valence-electron chi connectivity index (χ4n) is 1.59. The summed E-state index contributed by atoms with van der Waals surface area (Å²) in [5.74, 6) is 0. The van der Waals surface area contributed by atoms with Crippen LogP contribution in [0.5, 0.6) is 0 Å². The Hall–Kier alpha value is -0.540. The van der Waals surface area contributed by atoms with E-state index in [9.17, 15) is 0 Å². The zero-order chi connectivity index (χ0) is 12.3. The van der Waals surface area contributed by atoms with Crippen molar-refractivity contribution >= 4 is 21.6 Å². The second-order valence-electron chi connectivity index (χ2n) is 4.70. The zero-order valence-electron chi connectivity index (χ0n) is 10.5. The highest BCUT2D eigenvalue weighted by Gasteiger charge is 2.23. The van der Waals surface area contributed by atoms with E-state index in [-0.39, 0.29) is 5.54 Å². The molecule has 0 heterocycles. The van der Waals surface area contributed by atoms with E-state index in [1.54, 1.807) is 0 Å². The first-order valence-corrected chi connectivity index (χ1v) is 6.44. The maximum absolute atomic E-state index is 5.78. The van der Waals surface area contributed by atoms with Gasteiger partial charge in [0.1, 0.15) is 0 Å². The third-order valence-corrected chi connectivity index (χ3v) is 3.90. The van der Waals surface area contributed by atoms with Crippen molar-refractivity contribution in [2.45, 2.75) is 39.3 Å². The van der Waals surface area contributed by atoms with Gasteiger partial charge in [0, 0.05) is 29.3 Å². The molecule has 0 fully saturated rings. The lowest BCUT2D eigenvalue weighted by molar-refractivity contribution is 0.469. The summed E-state index contributed by atoms with van der Waals surface area (Å²) < 4.78 is 1.10. The number of nitrogens with zero attached hydrogens (tertiary/aromatic N) is 1. The van der Waals surface area contributed by atoms with Gasteiger partial charge in [-0.3, -0.25) is 0 Å². The lowest BCUT2D eigenvalue weighted by Gasteiger charge is -2.38. The minimum Gasteiger partial charge on any atom is -0.369 e. The Morgan fingerprint density at radius 2 is 2.00 bits per heavy atom. The molecule has 90 valence electrons. The van der Waals surface area contributed by atoms with E-state index in [4.69, 9.17) is 5.73 Å². The summed E-state index contributed by atoms with van der Waals surface area (Å²) in [5, 5.41) is 0. The largest absolute Gasteiger partial charge is 0.369 e. The Bertz CT molecular complexity index is 361. The first-order chi connectivity index (χ1) is 7.42. The smallest absolute Gasteiger partial charge is 0.0424 e. The van der Waals surface area contributed by atoms with Crippen LogP contribution in [0.3, 0.4) is 0 Å². The van der Waals surface area contributed by atoms with Gasteiger partial charge in [0.25, 0.3) is 0 Å². The van der Waals surface area contributed by atoms with E-state index in [1.807, 2.05) is 6.07 Å². The van der Waals surface area contributed by atoms with E-state index in [0.717, 1.165) is 10.9 Å². The molecule has 0 unspecified atom stereocenters. The summed E-state index contributed by atoms with van der Waals surface area (Å²) in [7, 11) is 2.13. The van der Waals surface area contributed by atoms with Gasteiger partial charge in [-0.15, -0.1) is 0 Å². The number of halogens is 1. The maximum atomic E-state index is 5.78. The number of hydrogen-bond acceptors (Lipinski definition) is 2. The molecule has 0 saturated heterocycles. The molecule has 0 radical (unpaired) electrons. The van der Waals surface area contributed by atoms with Crippen molar-refractivity contribution in [2.24, 2.45) is 5.73 Å². The fourth-order valence-corrected chi connectivity index (χ4v) is 1.93. The second-order valence-corrected chi connectivity index (χ2v) is 5.62. The van der Waals surface area contributed by atoms with Crippen molar-refractivity contribution in [1.29, 1.82) is 0 Å². The van der Waals surface area contributed by atoms with Crippen molar-refractivity contribution in [1.82, 2.24) is 0 Å². The SMILES string of the molecule is CCC(C)(C)N(C)c1cc(Br)ccc1CN. The van der Waals surface area contributed by atoms with Gasteiger partial charge in [-0.2, -0.15) is 0 Å². The lowest BCUT2D eigenvalue weighted by atomic mass is 9.98. The van der Waals surface area contributed by atoms with Gasteiger partial charge in [-0.1, -0.05) is 28.9 Å². The fraction of sp³-hybridized carbons (Fsp3) is 0.538. The van der Waals surface area contributed by atoms with Gasteiger partial charge in [-0.05, 0) is 38.0 Å². The molecule has 0 aliphatic rings. The molecule has 1 rings (SSSR count). The van der Waals surface area contributed by atoms with Crippen LogP contribution in [0.2, 0.25) is 0 Å². The van der Waals surface area contributed by atoms with Crippen molar-refractivity contribution in [3.05, 3.63) is 28.2 Å². The van der Waals surface area contributed by atoms with Crippen LogP contribution >= 0.6 is 15.9 Å². The molecule has 1 aromatic rings. The molecular formula is C13H21BrN2. The van der Waals surface area contributed by atoms with E-state index in [1.165, 1.54) is 11.3 Å². The molecule has 16 heavy (non-hydrogen) atoms. The summed E-state index contributed by atoms with van der Waals surface area (Å²) in [6.45, 7) is 7.27. The first kappa shape index (κ1) is 13.5. The lowest BCUT2D eigenvalue weighted by Crippen LogP contribution is -2.41. The summed E-state index contributed by atoms with van der Waals surface area (Å²) in [6, 6.07) is 6.26. The number of benzene rings is 1. The van der Waals surface area contributed by atoms with Crippen LogP contribution < -0.4 is 10.6 Å². The van der Waals surface area contributed by atoms with Crippen LogP contribution in [0.1, 0.15) is 32.8 Å². The normalized spacial score (nSPS) is 11.6. The molecule has 0 aliphatic heterocycles. The van der Waals surface area contributed by atoms with E-state index >= 15 is 0 Å². The van der Waals surface area contributed by atoms with Gasteiger partial charge < -0.3 is 10.6 Å². The molecule has 0 aromatic heterocycles. The summed E-state index contributed by atoms with van der Waals surface area (Å²) in [5.41, 5.74) is 8.32. The summed E-state index contributed by atoms with van der Waals surface area (Å²) >= 11 is 3.51. The standard InChI is InChI=1S/C13H21BrN2/c1-5-13(2,3)16(4)12-8-11(14)7-6-10(12)9-15/h6-8H,5,9,15H2,1-4H3. The molecule has 0 bridgehead atoms. The second kappa shape index (κ2) is 5.19. The Balaban J connectivity index is 3.16. The predicted octanol–water partition coefficient (Wildman–Crippen LogP) is 3.53. The average molecular weight is 285 g/mol. The third kappa shape index (κ3) is 2.77. The number of nitrogens with two attached hydrogens (primary N) is 1.